The van der Waals surface area contributed by atoms with E-state index in [-0.39, 0.29) is 5.69 Å². The Kier molecular flexibility index (Phi) is 3.73. The fourth-order valence-electron chi connectivity index (χ4n) is 2.29. The first-order valence-electron chi connectivity index (χ1n) is 6.78. The van der Waals surface area contributed by atoms with Crippen LogP contribution in [-0.4, -0.2) is 9.97 Å². The van der Waals surface area contributed by atoms with Gasteiger partial charge in [0.05, 0.1) is 5.69 Å². The quantitative estimate of drug-likeness (QED) is 0.773. The van der Waals surface area contributed by atoms with Crippen LogP contribution in [0, 0.1) is 0 Å². The monoisotopic (exact) mass is 316 g/mol. The summed E-state index contributed by atoms with van der Waals surface area (Å²) in [7, 11) is 0. The second kappa shape index (κ2) is 5.72. The van der Waals surface area contributed by atoms with Gasteiger partial charge in [0.1, 0.15) is 5.69 Å². The van der Waals surface area contributed by atoms with Crippen LogP contribution >= 0.6 is 0 Å². The molecule has 0 fully saturated rings. The lowest BCUT2D eigenvalue weighted by Crippen LogP contribution is -2.19. The van der Waals surface area contributed by atoms with Crippen molar-refractivity contribution in [3.8, 4) is 0 Å². The van der Waals surface area contributed by atoms with E-state index in [1.807, 2.05) is 42.5 Å². The Morgan fingerprint density at radius 2 is 1.74 bits per heavy atom. The SMILES string of the molecule is O=c1nc(/C=C\c2cccc3ccccc23)cc(C(F)(F)F)[nH]1. The second-order valence-electron chi connectivity index (χ2n) is 4.92. The van der Waals surface area contributed by atoms with E-state index in [4.69, 9.17) is 0 Å². The highest BCUT2D eigenvalue weighted by Crippen LogP contribution is 2.27. The summed E-state index contributed by atoms with van der Waals surface area (Å²) in [6, 6.07) is 14.1. The molecule has 0 spiro atoms. The van der Waals surface area contributed by atoms with Crippen LogP contribution in [0.3, 0.4) is 0 Å². The predicted molar refractivity (Wildman–Crippen MR) is 82.7 cm³/mol. The third kappa shape index (κ3) is 3.31. The average Bonchev–Trinajstić information content (AvgIpc) is 2.51. The number of nitrogens with one attached hydrogen (secondary N) is 1. The summed E-state index contributed by atoms with van der Waals surface area (Å²) in [5.74, 6) is 0. The number of H-pyrrole nitrogens is 1. The Morgan fingerprint density at radius 3 is 2.52 bits per heavy atom. The average molecular weight is 316 g/mol. The van der Waals surface area contributed by atoms with Crippen LogP contribution < -0.4 is 5.69 Å². The number of rotatable bonds is 2. The number of fused-ring (bicyclic) bond motifs is 1. The lowest BCUT2D eigenvalue weighted by molar-refractivity contribution is -0.141. The van der Waals surface area contributed by atoms with E-state index in [1.54, 1.807) is 11.1 Å². The third-order valence-electron chi connectivity index (χ3n) is 3.33. The molecule has 23 heavy (non-hydrogen) atoms. The van der Waals surface area contributed by atoms with Crippen LogP contribution in [0.2, 0.25) is 0 Å². The molecule has 0 aliphatic carbocycles. The summed E-state index contributed by atoms with van der Waals surface area (Å²) in [6.07, 6.45) is -1.58. The number of aromatic nitrogens is 2. The number of hydrogen-bond donors (Lipinski definition) is 1. The van der Waals surface area contributed by atoms with E-state index in [0.717, 1.165) is 22.4 Å². The van der Waals surface area contributed by atoms with Crippen molar-refractivity contribution in [3.05, 3.63) is 76.0 Å². The minimum atomic E-state index is -4.62. The minimum absolute atomic E-state index is 0.0472. The van der Waals surface area contributed by atoms with Crippen LogP contribution in [0.5, 0.6) is 0 Å². The number of aromatic amines is 1. The van der Waals surface area contributed by atoms with Crippen LogP contribution in [0.25, 0.3) is 22.9 Å². The molecule has 0 aliphatic rings. The van der Waals surface area contributed by atoms with Crippen LogP contribution in [0.4, 0.5) is 13.2 Å². The van der Waals surface area contributed by atoms with E-state index in [1.165, 1.54) is 6.08 Å². The van der Waals surface area contributed by atoms with Gasteiger partial charge in [-0.3, -0.25) is 0 Å². The van der Waals surface area contributed by atoms with Crippen LogP contribution in [0.1, 0.15) is 17.0 Å². The van der Waals surface area contributed by atoms with Gasteiger partial charge in [-0.25, -0.2) is 4.79 Å². The largest absolute Gasteiger partial charge is 0.431 e. The minimum Gasteiger partial charge on any atom is -0.302 e. The zero-order chi connectivity index (χ0) is 16.4. The van der Waals surface area contributed by atoms with E-state index in [9.17, 15) is 18.0 Å². The summed E-state index contributed by atoms with van der Waals surface area (Å²) < 4.78 is 38.1. The van der Waals surface area contributed by atoms with Gasteiger partial charge < -0.3 is 4.98 Å². The van der Waals surface area contributed by atoms with Gasteiger partial charge in [-0.15, -0.1) is 0 Å². The standard InChI is InChI=1S/C17H11F3N2O/c18-17(19,20)15-10-13(21-16(23)22-15)9-8-12-6-3-5-11-4-1-2-7-14(11)12/h1-10H,(H,21,22,23)/b9-8-. The summed E-state index contributed by atoms with van der Waals surface area (Å²) in [5, 5.41) is 1.98. The van der Waals surface area contributed by atoms with Crippen LogP contribution in [0.15, 0.2) is 53.3 Å². The Balaban J connectivity index is 2.03. The third-order valence-corrected chi connectivity index (χ3v) is 3.33. The molecule has 3 aromatic rings. The Labute approximate surface area is 129 Å². The van der Waals surface area contributed by atoms with Gasteiger partial charge in [0, 0.05) is 0 Å². The first-order chi connectivity index (χ1) is 10.9. The molecule has 2 aromatic carbocycles. The maximum Gasteiger partial charge on any atom is 0.431 e. The summed E-state index contributed by atoms with van der Waals surface area (Å²) in [4.78, 5) is 16.5. The molecule has 116 valence electrons. The number of halogens is 3. The topological polar surface area (TPSA) is 45.8 Å². The molecule has 0 radical (unpaired) electrons. The summed E-state index contributed by atoms with van der Waals surface area (Å²) in [6.45, 7) is 0. The first-order valence-corrected chi connectivity index (χ1v) is 6.78. The predicted octanol–water partition coefficient (Wildman–Crippen LogP) is 4.11. The van der Waals surface area contributed by atoms with Gasteiger partial charge in [0.25, 0.3) is 0 Å². The second-order valence-corrected chi connectivity index (χ2v) is 4.92. The summed E-state index contributed by atoms with van der Waals surface area (Å²) in [5.41, 5.74) is -1.36. The molecule has 0 amide bonds. The van der Waals surface area contributed by atoms with Crippen molar-refractivity contribution in [3.63, 3.8) is 0 Å². The molecule has 3 nitrogen and oxygen atoms in total. The van der Waals surface area contributed by atoms with Crippen molar-refractivity contribution in [1.29, 1.82) is 0 Å². The van der Waals surface area contributed by atoms with E-state index < -0.39 is 17.6 Å². The van der Waals surface area contributed by atoms with Gasteiger partial charge in [-0.2, -0.15) is 18.2 Å². The van der Waals surface area contributed by atoms with E-state index in [0.29, 0.717) is 0 Å². The highest BCUT2D eigenvalue weighted by atomic mass is 19.4. The fraction of sp³-hybridized carbons (Fsp3) is 0.0588. The molecule has 6 heteroatoms. The van der Waals surface area contributed by atoms with E-state index in [2.05, 4.69) is 4.98 Å². The summed E-state index contributed by atoms with van der Waals surface area (Å²) >= 11 is 0. The van der Waals surface area contributed by atoms with Crippen LogP contribution in [-0.2, 0) is 6.18 Å². The molecule has 0 bridgehead atoms. The van der Waals surface area contributed by atoms with Crippen molar-refractivity contribution >= 4 is 22.9 Å². The van der Waals surface area contributed by atoms with Gasteiger partial charge in [0.15, 0.2) is 0 Å². The molecular formula is C17H11F3N2O. The Bertz CT molecular complexity index is 937. The van der Waals surface area contributed by atoms with Crippen molar-refractivity contribution < 1.29 is 13.2 Å². The molecule has 0 saturated heterocycles. The molecule has 1 N–H and O–H groups in total. The number of hydrogen-bond acceptors (Lipinski definition) is 2. The molecule has 3 rings (SSSR count). The molecule has 0 saturated carbocycles. The number of nitrogens with zero attached hydrogens (tertiary/aromatic N) is 1. The van der Waals surface area contributed by atoms with Crippen molar-refractivity contribution in [2.45, 2.75) is 6.18 Å². The highest BCUT2D eigenvalue weighted by molar-refractivity contribution is 5.92. The van der Waals surface area contributed by atoms with Crippen molar-refractivity contribution in [2.75, 3.05) is 0 Å². The van der Waals surface area contributed by atoms with Gasteiger partial charge in [-0.1, -0.05) is 48.5 Å². The van der Waals surface area contributed by atoms with Crippen molar-refractivity contribution in [1.82, 2.24) is 9.97 Å². The molecule has 0 unspecified atom stereocenters. The van der Waals surface area contributed by atoms with Gasteiger partial charge >= 0.3 is 11.9 Å². The Morgan fingerprint density at radius 1 is 1.00 bits per heavy atom. The number of benzene rings is 2. The normalized spacial score (nSPS) is 12.1. The first kappa shape index (κ1) is 15.0. The van der Waals surface area contributed by atoms with Crippen molar-refractivity contribution in [2.24, 2.45) is 0 Å². The molecule has 0 aliphatic heterocycles. The molecule has 1 heterocycles. The Hall–Kier alpha value is -2.89. The molecule has 1 aromatic heterocycles. The highest BCUT2D eigenvalue weighted by Gasteiger charge is 2.32. The molecular weight excluding hydrogens is 305 g/mol. The van der Waals surface area contributed by atoms with Gasteiger partial charge in [-0.05, 0) is 28.5 Å². The molecule has 0 atom stereocenters. The maximum absolute atomic E-state index is 12.7. The van der Waals surface area contributed by atoms with E-state index >= 15 is 0 Å². The lowest BCUT2D eigenvalue weighted by Gasteiger charge is -2.06. The number of alkyl halides is 3. The maximum atomic E-state index is 12.7. The van der Waals surface area contributed by atoms with Gasteiger partial charge in [0.2, 0.25) is 0 Å². The lowest BCUT2D eigenvalue weighted by atomic mass is 10.0. The zero-order valence-electron chi connectivity index (χ0n) is 11.8. The fourth-order valence-corrected chi connectivity index (χ4v) is 2.29. The smallest absolute Gasteiger partial charge is 0.302 e. The zero-order valence-corrected chi connectivity index (χ0v) is 11.8.